The van der Waals surface area contributed by atoms with Crippen LogP contribution in [-0.4, -0.2) is 5.78 Å². The van der Waals surface area contributed by atoms with Gasteiger partial charge in [0, 0.05) is 19.5 Å². The molecule has 2 heterocycles. The topological polar surface area (TPSA) is 17.1 Å². The summed E-state index contributed by atoms with van der Waals surface area (Å²) in [6, 6.07) is 28.8. The number of thiophene rings is 2. The summed E-state index contributed by atoms with van der Waals surface area (Å²) < 4.78 is 0. The molecule has 136 valence electrons. The molecule has 4 aromatic rings. The third-order valence-corrected chi connectivity index (χ3v) is 6.39. The first-order valence-corrected chi connectivity index (χ1v) is 10.6. The molecule has 0 aliphatic rings. The Morgan fingerprint density at radius 1 is 0.571 bits per heavy atom. The summed E-state index contributed by atoms with van der Waals surface area (Å²) in [7, 11) is 0. The zero-order valence-corrected chi connectivity index (χ0v) is 16.8. The highest BCUT2D eigenvalue weighted by Crippen LogP contribution is 2.29. The van der Waals surface area contributed by atoms with Gasteiger partial charge in [0.2, 0.25) is 0 Å². The highest BCUT2D eigenvalue weighted by molar-refractivity contribution is 7.16. The van der Waals surface area contributed by atoms with Gasteiger partial charge in [0.25, 0.3) is 0 Å². The lowest BCUT2D eigenvalue weighted by molar-refractivity contribution is -0.110. The number of rotatable bonds is 6. The quantitative estimate of drug-likeness (QED) is 0.308. The zero-order chi connectivity index (χ0) is 19.2. The summed E-state index contributed by atoms with van der Waals surface area (Å²) in [5.41, 5.74) is 2.40. The molecule has 3 heteroatoms. The van der Waals surface area contributed by atoms with Crippen LogP contribution in [-0.2, 0) is 4.79 Å². The number of allylic oxidation sites excluding steroid dienone is 2. The lowest BCUT2D eigenvalue weighted by Crippen LogP contribution is -1.83. The second kappa shape index (κ2) is 8.79. The SMILES string of the molecule is O=C(C=Cc1ccc(-c2ccccc2)s1)C=Cc1ccc(-c2ccccc2)s1. The van der Waals surface area contributed by atoms with Crippen molar-refractivity contribution in [2.75, 3.05) is 0 Å². The second-order valence-corrected chi connectivity index (χ2v) is 8.44. The van der Waals surface area contributed by atoms with Crippen molar-refractivity contribution in [3.63, 3.8) is 0 Å². The molecule has 0 spiro atoms. The maximum absolute atomic E-state index is 12.2. The Hall–Kier alpha value is -3.01. The Labute approximate surface area is 172 Å². The minimum Gasteiger partial charge on any atom is -0.290 e. The van der Waals surface area contributed by atoms with Crippen molar-refractivity contribution in [1.82, 2.24) is 0 Å². The molecule has 0 aliphatic heterocycles. The fraction of sp³-hybridized carbons (Fsp3) is 0. The van der Waals surface area contributed by atoms with Crippen LogP contribution in [0, 0.1) is 0 Å². The number of hydrogen-bond donors (Lipinski definition) is 0. The van der Waals surface area contributed by atoms with Gasteiger partial charge in [0.05, 0.1) is 0 Å². The Morgan fingerprint density at radius 3 is 1.43 bits per heavy atom. The molecule has 0 fully saturated rings. The van der Waals surface area contributed by atoms with Crippen LogP contribution in [0.4, 0.5) is 0 Å². The first kappa shape index (κ1) is 18.4. The van der Waals surface area contributed by atoms with E-state index in [0.717, 1.165) is 9.75 Å². The summed E-state index contributed by atoms with van der Waals surface area (Å²) in [5, 5.41) is 0. The van der Waals surface area contributed by atoms with E-state index in [1.807, 2.05) is 60.7 Å². The summed E-state index contributed by atoms with van der Waals surface area (Å²) in [6.45, 7) is 0. The maximum atomic E-state index is 12.2. The largest absolute Gasteiger partial charge is 0.290 e. The monoisotopic (exact) mass is 398 g/mol. The molecule has 0 atom stereocenters. The third-order valence-electron chi connectivity index (χ3n) is 4.19. The lowest BCUT2D eigenvalue weighted by Gasteiger charge is -1.94. The lowest BCUT2D eigenvalue weighted by atomic mass is 10.2. The molecule has 1 nitrogen and oxygen atoms in total. The van der Waals surface area contributed by atoms with Crippen molar-refractivity contribution in [3.8, 4) is 20.9 Å². The van der Waals surface area contributed by atoms with Gasteiger partial charge in [0.1, 0.15) is 0 Å². The van der Waals surface area contributed by atoms with Crippen LogP contribution in [0.3, 0.4) is 0 Å². The molecular weight excluding hydrogens is 380 g/mol. The molecule has 0 amide bonds. The molecule has 0 N–H and O–H groups in total. The number of carbonyl (C=O) groups excluding carboxylic acids is 1. The molecule has 4 rings (SSSR count). The van der Waals surface area contributed by atoms with Gasteiger partial charge in [-0.2, -0.15) is 0 Å². The van der Waals surface area contributed by atoms with Crippen LogP contribution < -0.4 is 0 Å². The third kappa shape index (κ3) is 4.63. The van der Waals surface area contributed by atoms with E-state index in [1.165, 1.54) is 20.9 Å². The summed E-state index contributed by atoms with van der Waals surface area (Å²) in [6.07, 6.45) is 7.02. The van der Waals surface area contributed by atoms with Crippen LogP contribution in [0.1, 0.15) is 9.75 Å². The van der Waals surface area contributed by atoms with E-state index in [1.54, 1.807) is 34.8 Å². The molecule has 28 heavy (non-hydrogen) atoms. The first-order valence-electron chi connectivity index (χ1n) is 8.98. The fourth-order valence-corrected chi connectivity index (χ4v) is 4.62. The Kier molecular flexibility index (Phi) is 5.76. The predicted molar refractivity (Wildman–Crippen MR) is 123 cm³/mol. The average Bonchev–Trinajstić information content (AvgIpc) is 3.42. The first-order chi connectivity index (χ1) is 13.8. The number of carbonyl (C=O) groups is 1. The number of hydrogen-bond acceptors (Lipinski definition) is 3. The van der Waals surface area contributed by atoms with Gasteiger partial charge < -0.3 is 0 Å². The van der Waals surface area contributed by atoms with E-state index < -0.39 is 0 Å². The van der Waals surface area contributed by atoms with Crippen molar-refractivity contribution in [1.29, 1.82) is 0 Å². The van der Waals surface area contributed by atoms with Crippen molar-refractivity contribution < 1.29 is 4.79 Å². The van der Waals surface area contributed by atoms with Crippen LogP contribution in [0.25, 0.3) is 33.0 Å². The van der Waals surface area contributed by atoms with Crippen LogP contribution in [0.15, 0.2) is 97.1 Å². The van der Waals surface area contributed by atoms with E-state index in [-0.39, 0.29) is 5.78 Å². The molecule has 0 aliphatic carbocycles. The van der Waals surface area contributed by atoms with Gasteiger partial charge in [-0.25, -0.2) is 0 Å². The summed E-state index contributed by atoms with van der Waals surface area (Å²) >= 11 is 3.36. The average molecular weight is 399 g/mol. The molecule has 2 aromatic heterocycles. The van der Waals surface area contributed by atoms with Crippen LogP contribution in [0.5, 0.6) is 0 Å². The van der Waals surface area contributed by atoms with Gasteiger partial charge in [-0.3, -0.25) is 4.79 Å². The molecule has 0 saturated heterocycles. The van der Waals surface area contributed by atoms with Gasteiger partial charge >= 0.3 is 0 Å². The second-order valence-electron chi connectivity index (χ2n) is 6.21. The highest BCUT2D eigenvalue weighted by atomic mass is 32.1. The normalized spacial score (nSPS) is 11.4. The predicted octanol–water partition coefficient (Wildman–Crippen LogP) is 7.44. The Morgan fingerprint density at radius 2 is 1.00 bits per heavy atom. The minimum absolute atomic E-state index is 0.00989. The van der Waals surface area contributed by atoms with Crippen LogP contribution in [0.2, 0.25) is 0 Å². The van der Waals surface area contributed by atoms with Crippen molar-refractivity contribution in [3.05, 3.63) is 107 Å². The smallest absolute Gasteiger partial charge is 0.178 e. The Balaban J connectivity index is 1.39. The van der Waals surface area contributed by atoms with E-state index in [2.05, 4.69) is 36.4 Å². The molecule has 0 unspecified atom stereocenters. The standard InChI is InChI=1S/C25H18OS2/c26-21(11-13-22-15-17-24(27-22)19-7-3-1-4-8-19)12-14-23-16-18-25(28-23)20-9-5-2-6-10-20/h1-18H. The number of benzene rings is 2. The van der Waals surface area contributed by atoms with Gasteiger partial charge in [0.15, 0.2) is 5.78 Å². The molecular formula is C25H18OS2. The van der Waals surface area contributed by atoms with E-state index >= 15 is 0 Å². The Bertz CT molecular complexity index is 1030. The van der Waals surface area contributed by atoms with Crippen molar-refractivity contribution in [2.45, 2.75) is 0 Å². The number of ketones is 1. The molecule has 0 saturated carbocycles. The maximum Gasteiger partial charge on any atom is 0.178 e. The molecule has 2 aromatic carbocycles. The van der Waals surface area contributed by atoms with Crippen molar-refractivity contribution >= 4 is 40.6 Å². The molecule has 0 bridgehead atoms. The van der Waals surface area contributed by atoms with Gasteiger partial charge in [-0.15, -0.1) is 22.7 Å². The fourth-order valence-electron chi connectivity index (χ4n) is 2.78. The molecule has 0 radical (unpaired) electrons. The van der Waals surface area contributed by atoms with E-state index in [9.17, 15) is 4.79 Å². The minimum atomic E-state index is -0.00989. The summed E-state index contributed by atoms with van der Waals surface area (Å²) in [5.74, 6) is -0.00989. The summed E-state index contributed by atoms with van der Waals surface area (Å²) in [4.78, 5) is 16.7. The highest BCUT2D eigenvalue weighted by Gasteiger charge is 2.02. The van der Waals surface area contributed by atoms with Gasteiger partial charge in [-0.05, 0) is 59.7 Å². The van der Waals surface area contributed by atoms with E-state index in [4.69, 9.17) is 0 Å². The van der Waals surface area contributed by atoms with E-state index in [0.29, 0.717) is 0 Å². The zero-order valence-electron chi connectivity index (χ0n) is 15.1. The van der Waals surface area contributed by atoms with Gasteiger partial charge in [-0.1, -0.05) is 60.7 Å². The van der Waals surface area contributed by atoms with Crippen molar-refractivity contribution in [2.24, 2.45) is 0 Å². The van der Waals surface area contributed by atoms with Crippen LogP contribution >= 0.6 is 22.7 Å².